The highest BCUT2D eigenvalue weighted by Gasteiger charge is 2.54. The summed E-state index contributed by atoms with van der Waals surface area (Å²) >= 11 is 2.13. The molecule has 0 aliphatic carbocycles. The maximum Gasteiger partial charge on any atom is 0.352 e. The number of aromatic hydroxyl groups is 2. The number of aryl methyl sites for hydroxylation is 1. The molecule has 4 heterocycles. The molecule has 2 aliphatic rings. The van der Waals surface area contributed by atoms with Gasteiger partial charge in [-0.2, -0.15) is 0 Å². The summed E-state index contributed by atoms with van der Waals surface area (Å²) in [7, 11) is 0. The molecule has 3 aromatic rings. The van der Waals surface area contributed by atoms with E-state index in [9.17, 15) is 49.2 Å². The lowest BCUT2D eigenvalue weighted by atomic mass is 10.0. The number of benzene rings is 1. The molecule has 55 heavy (non-hydrogen) atoms. The molecule has 2 amide bonds. The number of aliphatic carboxylic acids is 3. The number of carboxylic acids is 3. The number of hydrogen-bond donors (Lipinski definition) is 7. The summed E-state index contributed by atoms with van der Waals surface area (Å²) in [6.45, 7) is 5.06. The third kappa shape index (κ3) is 8.84. The first-order valence-corrected chi connectivity index (χ1v) is 19.0. The minimum atomic E-state index is -1.95. The number of phenols is 2. The average molecular weight is 802 g/mol. The van der Waals surface area contributed by atoms with Crippen molar-refractivity contribution in [2.45, 2.75) is 70.1 Å². The van der Waals surface area contributed by atoms with Crippen molar-refractivity contribution in [2.75, 3.05) is 24.6 Å². The number of thiazole rings is 1. The molecule has 1 fully saturated rings. The number of phenolic OH excluding ortho intramolecular Hbond substituents is 2. The van der Waals surface area contributed by atoms with Gasteiger partial charge in [0, 0.05) is 54.0 Å². The lowest BCUT2D eigenvalue weighted by Gasteiger charge is -2.49. The number of rotatable bonds is 18. The van der Waals surface area contributed by atoms with E-state index in [4.69, 9.17) is 15.7 Å². The predicted octanol–water partition coefficient (Wildman–Crippen LogP) is 1.55. The van der Waals surface area contributed by atoms with Gasteiger partial charge in [0.25, 0.3) is 11.8 Å². The van der Waals surface area contributed by atoms with Gasteiger partial charge >= 0.3 is 17.9 Å². The van der Waals surface area contributed by atoms with Crippen LogP contribution in [0, 0.1) is 0 Å². The van der Waals surface area contributed by atoms with Gasteiger partial charge in [0.15, 0.2) is 27.8 Å². The summed E-state index contributed by atoms with van der Waals surface area (Å²) in [5.41, 5.74) is 5.61. The number of unbranched alkanes of at least 4 members (excludes halogenated alkanes) is 2. The molecule has 1 aromatic carbocycles. The SMILES string of the molecule is CCCCCN(CC1=C(C(=O)O)N2C(=O)[C@@H](NC(=O)/C(=N\O[C@@H](CC(=O)O)C(=O)O)c3csc(N)n3)[C@H]2SC1)Cc1cn(CC)c2cc(O)c(O)cc2c1=O. The molecular weight excluding hydrogens is 763 g/mol. The third-order valence-electron chi connectivity index (χ3n) is 8.90. The number of carbonyl (C=O) groups is 5. The molecule has 294 valence electrons. The second-order valence-corrected chi connectivity index (χ2v) is 14.7. The first kappa shape index (κ1) is 40.5. The maximum absolute atomic E-state index is 13.6. The van der Waals surface area contributed by atoms with Crippen molar-refractivity contribution in [3.05, 3.63) is 56.5 Å². The van der Waals surface area contributed by atoms with Crippen molar-refractivity contribution in [1.29, 1.82) is 0 Å². The first-order valence-electron chi connectivity index (χ1n) is 17.1. The zero-order chi connectivity index (χ0) is 40.1. The molecule has 0 saturated carbocycles. The summed E-state index contributed by atoms with van der Waals surface area (Å²) in [5.74, 6) is -6.94. The number of thioether (sulfide) groups is 1. The number of nitrogen functional groups attached to an aromatic ring is 1. The molecule has 0 bridgehead atoms. The minimum absolute atomic E-state index is 0.0216. The van der Waals surface area contributed by atoms with Crippen LogP contribution in [0.2, 0.25) is 0 Å². The third-order valence-corrected chi connectivity index (χ3v) is 10.9. The number of fused-ring (bicyclic) bond motifs is 2. The fourth-order valence-corrected chi connectivity index (χ4v) is 8.10. The lowest BCUT2D eigenvalue weighted by molar-refractivity contribution is -0.156. The predicted molar refractivity (Wildman–Crippen MR) is 200 cm³/mol. The number of anilines is 1. The van der Waals surface area contributed by atoms with Crippen LogP contribution in [0.3, 0.4) is 0 Å². The molecule has 8 N–H and O–H groups in total. The molecule has 2 aliphatic heterocycles. The van der Waals surface area contributed by atoms with E-state index < -0.39 is 65.1 Å². The molecule has 0 spiro atoms. The van der Waals surface area contributed by atoms with Gasteiger partial charge in [-0.25, -0.2) is 14.6 Å². The van der Waals surface area contributed by atoms with Crippen LogP contribution in [-0.4, -0.2) is 117 Å². The van der Waals surface area contributed by atoms with Crippen molar-refractivity contribution in [2.24, 2.45) is 5.16 Å². The van der Waals surface area contributed by atoms with Gasteiger partial charge in [-0.3, -0.25) is 29.0 Å². The van der Waals surface area contributed by atoms with Gasteiger partial charge < -0.3 is 46.0 Å². The zero-order valence-electron chi connectivity index (χ0n) is 29.6. The van der Waals surface area contributed by atoms with Crippen LogP contribution in [0.5, 0.6) is 11.5 Å². The zero-order valence-corrected chi connectivity index (χ0v) is 31.3. The number of amides is 2. The number of nitrogens with two attached hydrogens (primary N) is 1. The molecule has 19 nitrogen and oxygen atoms in total. The molecule has 1 saturated heterocycles. The number of nitrogens with zero attached hydrogens (tertiary/aromatic N) is 5. The smallest absolute Gasteiger partial charge is 0.352 e. The quantitative estimate of drug-likeness (QED) is 0.0316. The van der Waals surface area contributed by atoms with Crippen molar-refractivity contribution >= 4 is 74.6 Å². The number of nitrogens with one attached hydrogen (secondary N) is 1. The number of β-lactam (4-membered cyclic amide) rings is 1. The fraction of sp³-hybridized carbons (Fsp3) is 0.412. The monoisotopic (exact) mass is 801 g/mol. The summed E-state index contributed by atoms with van der Waals surface area (Å²) in [5, 5.41) is 55.7. The highest BCUT2D eigenvalue weighted by Crippen LogP contribution is 2.41. The fourth-order valence-electron chi connectivity index (χ4n) is 6.22. The Bertz CT molecular complexity index is 2150. The van der Waals surface area contributed by atoms with Crippen LogP contribution in [0.1, 0.15) is 50.8 Å². The summed E-state index contributed by atoms with van der Waals surface area (Å²) in [6, 6.07) is 1.31. The Balaban J connectivity index is 1.39. The topological polar surface area (TPSA) is 288 Å². The summed E-state index contributed by atoms with van der Waals surface area (Å²) in [4.78, 5) is 87.9. The number of hydrogen-bond acceptors (Lipinski definition) is 15. The van der Waals surface area contributed by atoms with E-state index >= 15 is 0 Å². The van der Waals surface area contributed by atoms with Gasteiger partial charge in [-0.05, 0) is 31.5 Å². The van der Waals surface area contributed by atoms with E-state index in [1.54, 1.807) is 10.8 Å². The maximum atomic E-state index is 13.6. The van der Waals surface area contributed by atoms with E-state index in [1.165, 1.54) is 29.3 Å². The van der Waals surface area contributed by atoms with E-state index in [2.05, 4.69) is 15.5 Å². The number of oxime groups is 1. The molecule has 0 radical (unpaired) electrons. The van der Waals surface area contributed by atoms with Gasteiger partial charge in [-0.15, -0.1) is 23.1 Å². The molecule has 21 heteroatoms. The Morgan fingerprint density at radius 1 is 1.11 bits per heavy atom. The molecule has 0 unspecified atom stereocenters. The van der Waals surface area contributed by atoms with Crippen molar-refractivity contribution in [3.63, 3.8) is 0 Å². The number of carbonyl (C=O) groups excluding carboxylic acids is 2. The second kappa shape index (κ2) is 17.2. The van der Waals surface area contributed by atoms with Gasteiger partial charge in [0.1, 0.15) is 22.8 Å². The van der Waals surface area contributed by atoms with Crippen molar-refractivity contribution in [3.8, 4) is 11.5 Å². The highest BCUT2D eigenvalue weighted by atomic mass is 32.2. The Morgan fingerprint density at radius 2 is 1.84 bits per heavy atom. The van der Waals surface area contributed by atoms with E-state index in [0.29, 0.717) is 29.7 Å². The Hall–Kier alpha value is -5.67. The van der Waals surface area contributed by atoms with Gasteiger partial charge in [0.2, 0.25) is 6.10 Å². The highest BCUT2D eigenvalue weighted by molar-refractivity contribution is 8.00. The normalized spacial score (nSPS) is 17.5. The van der Waals surface area contributed by atoms with Gasteiger partial charge in [0.05, 0.1) is 11.9 Å². The summed E-state index contributed by atoms with van der Waals surface area (Å²) < 4.78 is 1.78. The molecule has 2 aromatic heterocycles. The van der Waals surface area contributed by atoms with Crippen molar-refractivity contribution in [1.82, 2.24) is 24.7 Å². The summed E-state index contributed by atoms with van der Waals surface area (Å²) in [6.07, 6.45) is 1.27. The van der Waals surface area contributed by atoms with Crippen LogP contribution in [0.4, 0.5) is 5.13 Å². The molecule has 5 rings (SSSR count). The molecular formula is C34H39N7O12S2. The van der Waals surface area contributed by atoms with E-state index in [1.807, 2.05) is 18.7 Å². The van der Waals surface area contributed by atoms with E-state index in [-0.39, 0.29) is 51.9 Å². The van der Waals surface area contributed by atoms with Crippen LogP contribution >= 0.6 is 23.1 Å². The van der Waals surface area contributed by atoms with Crippen LogP contribution in [-0.2, 0) is 41.9 Å². The standard InChI is InChI=1S/C34H39N7O12S2/c1-3-5-6-7-39(11-16-13-40(4-2)20-9-22(43)21(42)8-18(20)28(16)46)12-17-14-54-31-26(30(48)41(31)27(17)33(51)52)37-29(47)25(19-15-55-34(35)36-19)38-53-23(32(49)50)10-24(44)45/h8-9,13,15,23,26,31,42-43H,3-7,10-12,14H2,1-2H3,(H2,35,36)(H,37,47)(H,44,45)(H,49,50)(H,51,52)/b38-25-/t23-,26+,31+/m0/s1. The van der Waals surface area contributed by atoms with Crippen LogP contribution in [0.25, 0.3) is 10.9 Å². The lowest BCUT2D eigenvalue weighted by Crippen LogP contribution is -2.71. The second-order valence-electron chi connectivity index (χ2n) is 12.7. The first-order chi connectivity index (χ1) is 26.1. The Morgan fingerprint density at radius 3 is 2.45 bits per heavy atom. The number of carboxylic acid groups (broad SMARTS) is 3. The van der Waals surface area contributed by atoms with Crippen LogP contribution < -0.4 is 16.5 Å². The van der Waals surface area contributed by atoms with Crippen molar-refractivity contribution < 1.29 is 54.3 Å². The minimum Gasteiger partial charge on any atom is -0.504 e. The van der Waals surface area contributed by atoms with E-state index in [0.717, 1.165) is 35.5 Å². The average Bonchev–Trinajstić information content (AvgIpc) is 3.56. The molecule has 3 atom stereocenters. The largest absolute Gasteiger partial charge is 0.504 e. The van der Waals surface area contributed by atoms with Crippen LogP contribution in [0.15, 0.2) is 44.9 Å². The number of pyridine rings is 1. The Kier molecular flexibility index (Phi) is 12.7. The Labute approximate surface area is 320 Å². The van der Waals surface area contributed by atoms with Gasteiger partial charge in [-0.1, -0.05) is 24.9 Å². The number of aromatic nitrogens is 2.